The summed E-state index contributed by atoms with van der Waals surface area (Å²) in [6.07, 6.45) is 1.90. The molecule has 0 aliphatic heterocycles. The average molecular weight is 447 g/mol. The summed E-state index contributed by atoms with van der Waals surface area (Å²) in [5.41, 5.74) is 11.8. The lowest BCUT2D eigenvalue weighted by Crippen LogP contribution is -2.17. The lowest BCUT2D eigenvalue weighted by molar-refractivity contribution is 0.0999. The number of carbonyl (C=O) groups excluding carboxylic acids is 1. The predicted molar refractivity (Wildman–Crippen MR) is 137 cm³/mol. The van der Waals surface area contributed by atoms with Gasteiger partial charge in [-0.2, -0.15) is 0 Å². The van der Waals surface area contributed by atoms with Crippen LogP contribution in [0.3, 0.4) is 0 Å². The van der Waals surface area contributed by atoms with E-state index >= 15 is 0 Å². The summed E-state index contributed by atoms with van der Waals surface area (Å²) < 4.78 is 2.20. The van der Waals surface area contributed by atoms with Gasteiger partial charge in [0.1, 0.15) is 5.75 Å². The summed E-state index contributed by atoms with van der Waals surface area (Å²) in [5, 5.41) is 11.1. The topological polar surface area (TPSA) is 68.2 Å². The minimum absolute atomic E-state index is 0.230. The van der Waals surface area contributed by atoms with Crippen molar-refractivity contribution in [2.75, 3.05) is 0 Å². The molecule has 4 nitrogen and oxygen atoms in total. The van der Waals surface area contributed by atoms with E-state index in [0.29, 0.717) is 11.3 Å². The average Bonchev–Trinajstić information content (AvgIpc) is 3.04. The Hall–Kier alpha value is -3.01. The van der Waals surface area contributed by atoms with Crippen molar-refractivity contribution in [2.24, 2.45) is 5.73 Å². The third-order valence-electron chi connectivity index (χ3n) is 6.34. The first-order valence-electron chi connectivity index (χ1n) is 11.7. The van der Waals surface area contributed by atoms with Crippen molar-refractivity contribution in [1.82, 2.24) is 4.57 Å². The Morgan fingerprint density at radius 3 is 1.97 bits per heavy atom. The van der Waals surface area contributed by atoms with Gasteiger partial charge in [0, 0.05) is 29.1 Å². The highest BCUT2D eigenvalue weighted by Crippen LogP contribution is 2.42. The van der Waals surface area contributed by atoms with Crippen molar-refractivity contribution in [3.8, 4) is 17.0 Å². The molecule has 33 heavy (non-hydrogen) atoms. The van der Waals surface area contributed by atoms with Gasteiger partial charge in [-0.3, -0.25) is 4.79 Å². The molecule has 0 aliphatic rings. The second-order valence-electron chi connectivity index (χ2n) is 11.1. The maximum absolute atomic E-state index is 12.2. The van der Waals surface area contributed by atoms with Crippen LogP contribution in [-0.4, -0.2) is 15.6 Å². The van der Waals surface area contributed by atoms with E-state index in [1.54, 1.807) is 0 Å². The zero-order valence-corrected chi connectivity index (χ0v) is 21.1. The van der Waals surface area contributed by atoms with E-state index in [-0.39, 0.29) is 10.8 Å². The van der Waals surface area contributed by atoms with Gasteiger partial charge in [-0.25, -0.2) is 0 Å². The minimum Gasteiger partial charge on any atom is -0.507 e. The second kappa shape index (κ2) is 9.09. The fraction of sp³-hybridized carbons (Fsp3) is 0.414. The van der Waals surface area contributed by atoms with Gasteiger partial charge in [-0.1, -0.05) is 71.9 Å². The van der Waals surface area contributed by atoms with Gasteiger partial charge in [0.05, 0.1) is 5.56 Å². The van der Waals surface area contributed by atoms with E-state index in [9.17, 15) is 9.90 Å². The van der Waals surface area contributed by atoms with Gasteiger partial charge in [-0.15, -0.1) is 0 Å². The summed E-state index contributed by atoms with van der Waals surface area (Å²) in [5.74, 6) is -0.0609. The molecular formula is C29H38N2O2. The molecule has 0 fully saturated rings. The van der Waals surface area contributed by atoms with Crippen molar-refractivity contribution >= 4 is 5.91 Å². The summed E-state index contributed by atoms with van der Waals surface area (Å²) in [6, 6.07) is 16.5. The van der Waals surface area contributed by atoms with Crippen LogP contribution in [0.5, 0.6) is 5.75 Å². The molecule has 4 heteroatoms. The molecule has 0 atom stereocenters. The SMILES string of the molecule is Cc1c(C(N)=O)cc(-c2cc(C(C)(C)C)c(O)c(C(C)(C)C)c2)n1CCCc1ccccc1. The fourth-order valence-corrected chi connectivity index (χ4v) is 4.43. The molecule has 2 aromatic carbocycles. The number of hydrogen-bond acceptors (Lipinski definition) is 2. The molecule has 0 aliphatic carbocycles. The minimum atomic E-state index is -0.415. The third kappa shape index (κ3) is 5.32. The van der Waals surface area contributed by atoms with E-state index in [0.717, 1.165) is 47.5 Å². The van der Waals surface area contributed by atoms with Crippen LogP contribution in [-0.2, 0) is 23.8 Å². The number of rotatable bonds is 6. The van der Waals surface area contributed by atoms with Crippen molar-refractivity contribution in [3.63, 3.8) is 0 Å². The third-order valence-corrected chi connectivity index (χ3v) is 6.34. The smallest absolute Gasteiger partial charge is 0.250 e. The number of benzene rings is 2. The van der Waals surface area contributed by atoms with Crippen molar-refractivity contribution in [3.05, 3.63) is 76.5 Å². The monoisotopic (exact) mass is 446 g/mol. The first kappa shape index (κ1) is 24.6. The van der Waals surface area contributed by atoms with Crippen LogP contribution in [0.1, 0.15) is 80.7 Å². The van der Waals surface area contributed by atoms with Gasteiger partial charge < -0.3 is 15.4 Å². The normalized spacial score (nSPS) is 12.2. The summed E-state index contributed by atoms with van der Waals surface area (Å²) in [6.45, 7) is 15.4. The van der Waals surface area contributed by atoms with Crippen LogP contribution in [0.25, 0.3) is 11.3 Å². The quantitative estimate of drug-likeness (QED) is 0.454. The number of aryl methyl sites for hydroxylation is 1. The lowest BCUT2D eigenvalue weighted by Gasteiger charge is -2.28. The predicted octanol–water partition coefficient (Wildman–Crippen LogP) is 6.50. The Balaban J connectivity index is 2.13. The van der Waals surface area contributed by atoms with Crippen LogP contribution in [0.15, 0.2) is 48.5 Å². The number of phenolic OH excluding ortho intramolecular Hbond substituents is 1. The maximum Gasteiger partial charge on any atom is 0.250 e. The molecule has 0 bridgehead atoms. The van der Waals surface area contributed by atoms with Crippen LogP contribution in [0, 0.1) is 6.92 Å². The highest BCUT2D eigenvalue weighted by molar-refractivity contribution is 5.95. The molecule has 0 radical (unpaired) electrons. The lowest BCUT2D eigenvalue weighted by atomic mass is 9.78. The number of aromatic nitrogens is 1. The number of primary amides is 1. The van der Waals surface area contributed by atoms with Crippen LogP contribution < -0.4 is 5.73 Å². The zero-order valence-electron chi connectivity index (χ0n) is 21.1. The van der Waals surface area contributed by atoms with E-state index in [2.05, 4.69) is 82.5 Å². The van der Waals surface area contributed by atoms with Crippen molar-refractivity contribution < 1.29 is 9.90 Å². The Labute approximate surface area is 198 Å². The highest BCUT2D eigenvalue weighted by atomic mass is 16.3. The molecule has 1 heterocycles. The Morgan fingerprint density at radius 1 is 0.939 bits per heavy atom. The molecule has 3 N–H and O–H groups in total. The Morgan fingerprint density at radius 2 is 1.48 bits per heavy atom. The summed E-state index contributed by atoms with van der Waals surface area (Å²) >= 11 is 0. The first-order chi connectivity index (χ1) is 15.3. The van der Waals surface area contributed by atoms with E-state index in [1.807, 2.05) is 19.1 Å². The maximum atomic E-state index is 12.2. The summed E-state index contributed by atoms with van der Waals surface area (Å²) in [7, 11) is 0. The zero-order chi connectivity index (χ0) is 24.6. The van der Waals surface area contributed by atoms with Crippen molar-refractivity contribution in [2.45, 2.75) is 78.7 Å². The van der Waals surface area contributed by atoms with Gasteiger partial charge >= 0.3 is 0 Å². The number of nitrogens with two attached hydrogens (primary N) is 1. The molecule has 1 aromatic heterocycles. The molecule has 1 amide bonds. The number of hydrogen-bond donors (Lipinski definition) is 2. The molecular weight excluding hydrogens is 408 g/mol. The molecule has 0 spiro atoms. The number of phenols is 1. The largest absolute Gasteiger partial charge is 0.507 e. The van der Waals surface area contributed by atoms with Crippen LogP contribution >= 0.6 is 0 Å². The number of nitrogens with zero attached hydrogens (tertiary/aromatic N) is 1. The van der Waals surface area contributed by atoms with E-state index in [4.69, 9.17) is 5.73 Å². The van der Waals surface area contributed by atoms with Gasteiger partial charge in [0.2, 0.25) is 0 Å². The number of carbonyl (C=O) groups is 1. The molecule has 3 rings (SSSR count). The van der Waals surface area contributed by atoms with E-state index < -0.39 is 5.91 Å². The molecule has 3 aromatic rings. The fourth-order valence-electron chi connectivity index (χ4n) is 4.43. The second-order valence-corrected chi connectivity index (χ2v) is 11.1. The van der Waals surface area contributed by atoms with E-state index in [1.165, 1.54) is 5.56 Å². The standard InChI is InChI=1S/C29H38N2O2/c1-19-22(27(30)33)18-25(31(19)15-11-14-20-12-9-8-10-13-20)21-16-23(28(2,3)4)26(32)24(17-21)29(5,6)7/h8-10,12-13,16-18,32H,11,14-15H2,1-7H3,(H2,30,33). The van der Waals surface area contributed by atoms with Crippen molar-refractivity contribution in [1.29, 1.82) is 0 Å². The van der Waals surface area contributed by atoms with Gasteiger partial charge in [0.15, 0.2) is 0 Å². The number of aromatic hydroxyl groups is 1. The molecule has 0 unspecified atom stereocenters. The Bertz CT molecular complexity index is 1110. The van der Waals surface area contributed by atoms with Crippen LogP contribution in [0.4, 0.5) is 0 Å². The van der Waals surface area contributed by atoms with Gasteiger partial charge in [0.25, 0.3) is 5.91 Å². The van der Waals surface area contributed by atoms with Crippen LogP contribution in [0.2, 0.25) is 0 Å². The molecule has 176 valence electrons. The summed E-state index contributed by atoms with van der Waals surface area (Å²) in [4.78, 5) is 12.2. The first-order valence-corrected chi connectivity index (χ1v) is 11.7. The molecule has 0 saturated carbocycles. The highest BCUT2D eigenvalue weighted by Gasteiger charge is 2.28. The van der Waals surface area contributed by atoms with Gasteiger partial charge in [-0.05, 0) is 59.9 Å². The number of amides is 1. The molecule has 0 saturated heterocycles. The Kier molecular flexibility index (Phi) is 6.78.